The van der Waals surface area contributed by atoms with E-state index in [4.69, 9.17) is 13.6 Å². The molecule has 0 aliphatic carbocycles. The lowest BCUT2D eigenvalue weighted by atomic mass is 10.2. The van der Waals surface area contributed by atoms with E-state index >= 15 is 0 Å². The second-order valence-corrected chi connectivity index (χ2v) is 4.79. The molecule has 3 rings (SSSR count). The summed E-state index contributed by atoms with van der Waals surface area (Å²) in [5.41, 5.74) is 0.868. The Morgan fingerprint density at radius 1 is 1.32 bits per heavy atom. The van der Waals surface area contributed by atoms with Gasteiger partial charge in [0.15, 0.2) is 11.7 Å². The smallest absolute Gasteiger partial charge is 0.419 e. The van der Waals surface area contributed by atoms with Crippen LogP contribution in [-0.4, -0.2) is 20.7 Å². The molecule has 0 amide bonds. The van der Waals surface area contributed by atoms with Crippen LogP contribution < -0.4 is 5.76 Å². The van der Waals surface area contributed by atoms with E-state index in [1.165, 1.54) is 10.6 Å². The standard InChI is InChI=1S/C14H13N3O5/c1-7(12-16-15-8(2)21-12)20-13(18)9-5-4-6-10-11(9)22-14(19)17(10)3/h4-7H,1-3H3/t7-/m0/s1. The Labute approximate surface area is 124 Å². The summed E-state index contributed by atoms with van der Waals surface area (Å²) in [6.45, 7) is 3.26. The van der Waals surface area contributed by atoms with Crippen LogP contribution in [0.1, 0.15) is 35.2 Å². The van der Waals surface area contributed by atoms with E-state index in [-0.39, 0.29) is 17.0 Å². The molecule has 1 aromatic carbocycles. The van der Waals surface area contributed by atoms with E-state index in [2.05, 4.69) is 10.2 Å². The van der Waals surface area contributed by atoms with Crippen LogP contribution in [0.2, 0.25) is 0 Å². The number of rotatable bonds is 3. The van der Waals surface area contributed by atoms with Crippen molar-refractivity contribution in [1.82, 2.24) is 14.8 Å². The van der Waals surface area contributed by atoms with Crippen molar-refractivity contribution >= 4 is 17.1 Å². The third kappa shape index (κ3) is 2.28. The number of esters is 1. The van der Waals surface area contributed by atoms with Gasteiger partial charge in [0, 0.05) is 14.0 Å². The SMILES string of the molecule is Cc1nnc([C@H](C)OC(=O)c2cccc3c2oc(=O)n3C)o1. The van der Waals surface area contributed by atoms with Crippen molar-refractivity contribution in [1.29, 1.82) is 0 Å². The summed E-state index contributed by atoms with van der Waals surface area (Å²) in [4.78, 5) is 23.9. The summed E-state index contributed by atoms with van der Waals surface area (Å²) < 4.78 is 16.9. The van der Waals surface area contributed by atoms with E-state index < -0.39 is 17.8 Å². The van der Waals surface area contributed by atoms with Gasteiger partial charge in [-0.1, -0.05) is 6.07 Å². The second kappa shape index (κ2) is 5.14. The number of oxazole rings is 1. The molecule has 2 heterocycles. The van der Waals surface area contributed by atoms with Gasteiger partial charge in [0.25, 0.3) is 5.89 Å². The summed E-state index contributed by atoms with van der Waals surface area (Å²) >= 11 is 0. The predicted molar refractivity (Wildman–Crippen MR) is 74.3 cm³/mol. The van der Waals surface area contributed by atoms with E-state index in [0.29, 0.717) is 11.4 Å². The summed E-state index contributed by atoms with van der Waals surface area (Å²) in [6.07, 6.45) is -0.709. The first-order valence-electron chi connectivity index (χ1n) is 6.57. The average Bonchev–Trinajstić information content (AvgIpc) is 3.04. The molecule has 8 heteroatoms. The summed E-state index contributed by atoms with van der Waals surface area (Å²) in [5, 5.41) is 7.48. The van der Waals surface area contributed by atoms with Gasteiger partial charge in [-0.3, -0.25) is 4.57 Å². The van der Waals surface area contributed by atoms with Crippen LogP contribution in [-0.2, 0) is 11.8 Å². The first-order valence-corrected chi connectivity index (χ1v) is 6.57. The number of ether oxygens (including phenoxy) is 1. The number of carbonyl (C=O) groups is 1. The highest BCUT2D eigenvalue weighted by Gasteiger charge is 2.22. The number of nitrogens with zero attached hydrogens (tertiary/aromatic N) is 3. The van der Waals surface area contributed by atoms with Gasteiger partial charge in [0.05, 0.1) is 5.52 Å². The molecule has 114 valence electrons. The molecule has 0 N–H and O–H groups in total. The number of aromatic nitrogens is 3. The monoisotopic (exact) mass is 303 g/mol. The first kappa shape index (κ1) is 14.1. The molecule has 8 nitrogen and oxygen atoms in total. The molecule has 0 fully saturated rings. The van der Waals surface area contributed by atoms with Crippen LogP contribution in [0.4, 0.5) is 0 Å². The normalized spacial score (nSPS) is 12.5. The quantitative estimate of drug-likeness (QED) is 0.679. The Balaban J connectivity index is 1.92. The lowest BCUT2D eigenvalue weighted by Gasteiger charge is -2.09. The summed E-state index contributed by atoms with van der Waals surface area (Å²) in [7, 11) is 1.56. The van der Waals surface area contributed by atoms with Gasteiger partial charge in [-0.2, -0.15) is 0 Å². The highest BCUT2D eigenvalue weighted by molar-refractivity contribution is 6.01. The Morgan fingerprint density at radius 3 is 2.77 bits per heavy atom. The topological polar surface area (TPSA) is 100 Å². The number of fused-ring (bicyclic) bond motifs is 1. The summed E-state index contributed by atoms with van der Waals surface area (Å²) in [6, 6.07) is 4.86. The molecule has 0 aliphatic rings. The van der Waals surface area contributed by atoms with Gasteiger partial charge in [0.2, 0.25) is 5.89 Å². The molecule has 0 unspecified atom stereocenters. The van der Waals surface area contributed by atoms with Gasteiger partial charge in [0.1, 0.15) is 5.56 Å². The van der Waals surface area contributed by atoms with Crippen molar-refractivity contribution in [2.75, 3.05) is 0 Å². The Morgan fingerprint density at radius 2 is 2.09 bits per heavy atom. The number of aryl methyl sites for hydroxylation is 2. The Bertz CT molecular complexity index is 905. The van der Waals surface area contributed by atoms with Crippen LogP contribution in [0.25, 0.3) is 11.1 Å². The average molecular weight is 303 g/mol. The Hall–Kier alpha value is -2.90. The zero-order valence-electron chi connectivity index (χ0n) is 12.2. The lowest BCUT2D eigenvalue weighted by Crippen LogP contribution is -2.10. The number of benzene rings is 1. The molecular weight excluding hydrogens is 290 g/mol. The molecule has 2 aromatic heterocycles. The minimum Gasteiger partial charge on any atom is -0.449 e. The molecule has 0 saturated carbocycles. The van der Waals surface area contributed by atoms with Gasteiger partial charge in [-0.15, -0.1) is 10.2 Å². The van der Waals surface area contributed by atoms with Gasteiger partial charge in [-0.25, -0.2) is 9.59 Å². The molecule has 0 spiro atoms. The minimum absolute atomic E-state index is 0.165. The third-order valence-electron chi connectivity index (χ3n) is 3.21. The maximum Gasteiger partial charge on any atom is 0.419 e. The number of para-hydroxylation sites is 1. The number of hydrogen-bond acceptors (Lipinski definition) is 7. The van der Waals surface area contributed by atoms with E-state index in [0.717, 1.165) is 0 Å². The highest BCUT2D eigenvalue weighted by Crippen LogP contribution is 2.22. The molecule has 1 atom stereocenters. The van der Waals surface area contributed by atoms with E-state index in [9.17, 15) is 9.59 Å². The van der Waals surface area contributed by atoms with Crippen LogP contribution in [0.3, 0.4) is 0 Å². The fraction of sp³-hybridized carbons (Fsp3) is 0.286. The van der Waals surface area contributed by atoms with E-state index in [1.54, 1.807) is 33.0 Å². The molecule has 0 radical (unpaired) electrons. The third-order valence-corrected chi connectivity index (χ3v) is 3.21. The van der Waals surface area contributed by atoms with Crippen LogP contribution >= 0.6 is 0 Å². The molecule has 22 heavy (non-hydrogen) atoms. The van der Waals surface area contributed by atoms with Crippen LogP contribution in [0, 0.1) is 6.92 Å². The van der Waals surface area contributed by atoms with Crippen molar-refractivity contribution in [2.45, 2.75) is 20.0 Å². The van der Waals surface area contributed by atoms with Crippen molar-refractivity contribution in [2.24, 2.45) is 7.05 Å². The lowest BCUT2D eigenvalue weighted by molar-refractivity contribution is 0.0278. The van der Waals surface area contributed by atoms with Crippen molar-refractivity contribution < 1.29 is 18.4 Å². The van der Waals surface area contributed by atoms with Gasteiger partial charge >= 0.3 is 11.7 Å². The van der Waals surface area contributed by atoms with Crippen LogP contribution in [0.15, 0.2) is 31.8 Å². The fourth-order valence-corrected chi connectivity index (χ4v) is 2.06. The highest BCUT2D eigenvalue weighted by atomic mass is 16.6. The molecule has 0 aliphatic heterocycles. The number of carbonyl (C=O) groups excluding carboxylic acids is 1. The predicted octanol–water partition coefficient (Wildman–Crippen LogP) is 1.74. The zero-order chi connectivity index (χ0) is 15.9. The van der Waals surface area contributed by atoms with E-state index in [1.807, 2.05) is 0 Å². The minimum atomic E-state index is -0.709. The van der Waals surface area contributed by atoms with Crippen LogP contribution in [0.5, 0.6) is 0 Å². The maximum atomic E-state index is 12.3. The van der Waals surface area contributed by atoms with Gasteiger partial charge < -0.3 is 13.6 Å². The van der Waals surface area contributed by atoms with Gasteiger partial charge in [-0.05, 0) is 19.1 Å². The van der Waals surface area contributed by atoms with Crippen molar-refractivity contribution in [3.05, 3.63) is 46.1 Å². The first-order chi connectivity index (χ1) is 10.5. The number of hydrogen-bond donors (Lipinski definition) is 0. The largest absolute Gasteiger partial charge is 0.449 e. The molecular formula is C14H13N3O5. The maximum absolute atomic E-state index is 12.3. The van der Waals surface area contributed by atoms with Crippen molar-refractivity contribution in [3.63, 3.8) is 0 Å². The molecule has 0 bridgehead atoms. The second-order valence-electron chi connectivity index (χ2n) is 4.79. The zero-order valence-corrected chi connectivity index (χ0v) is 12.2. The summed E-state index contributed by atoms with van der Waals surface area (Å²) in [5.74, 6) is -0.597. The Kier molecular flexibility index (Phi) is 3.28. The van der Waals surface area contributed by atoms with Crippen molar-refractivity contribution in [3.8, 4) is 0 Å². The molecule has 3 aromatic rings. The molecule has 0 saturated heterocycles. The fourth-order valence-electron chi connectivity index (χ4n) is 2.06.